The van der Waals surface area contributed by atoms with Crippen molar-refractivity contribution in [3.8, 4) is 0 Å². The molecule has 2 fully saturated rings. The largest absolute Gasteiger partial charge is 0.343 e. The molecule has 1 heterocycles. The molecule has 2 N–H and O–H groups in total. The Morgan fingerprint density at radius 1 is 1.23 bits per heavy atom. The standard InChI is InChI=1S/C10H18N2O/c11-10(4-1-2-5-10)8-9(13)12-6-3-7-12/h1-8,11H2. The van der Waals surface area contributed by atoms with Crippen molar-refractivity contribution in [2.75, 3.05) is 13.1 Å². The summed E-state index contributed by atoms with van der Waals surface area (Å²) in [5.74, 6) is 0.274. The Morgan fingerprint density at radius 3 is 2.31 bits per heavy atom. The third-order valence-corrected chi connectivity index (χ3v) is 3.31. The molecule has 3 heteroatoms. The van der Waals surface area contributed by atoms with E-state index >= 15 is 0 Å². The summed E-state index contributed by atoms with van der Waals surface area (Å²) in [6.07, 6.45) is 6.21. The van der Waals surface area contributed by atoms with Gasteiger partial charge < -0.3 is 10.6 Å². The molecule has 0 spiro atoms. The second-order valence-corrected chi connectivity index (χ2v) is 4.48. The SMILES string of the molecule is NC1(CC(=O)N2CCC2)CCCC1. The Morgan fingerprint density at radius 2 is 1.85 bits per heavy atom. The lowest BCUT2D eigenvalue weighted by molar-refractivity contribution is -0.135. The van der Waals surface area contributed by atoms with Crippen molar-refractivity contribution >= 4 is 5.91 Å². The molecule has 1 saturated heterocycles. The molecule has 2 rings (SSSR count). The van der Waals surface area contributed by atoms with E-state index in [1.165, 1.54) is 19.3 Å². The quantitative estimate of drug-likeness (QED) is 0.689. The van der Waals surface area contributed by atoms with Crippen LogP contribution in [0.4, 0.5) is 0 Å². The molecule has 0 aromatic carbocycles. The maximum Gasteiger partial charge on any atom is 0.224 e. The van der Waals surface area contributed by atoms with Crippen LogP contribution in [0.5, 0.6) is 0 Å². The van der Waals surface area contributed by atoms with E-state index in [-0.39, 0.29) is 11.4 Å². The second kappa shape index (κ2) is 3.29. The molecule has 1 aliphatic carbocycles. The lowest BCUT2D eigenvalue weighted by atomic mass is 9.93. The number of amides is 1. The van der Waals surface area contributed by atoms with E-state index in [4.69, 9.17) is 5.73 Å². The number of likely N-dealkylation sites (tertiary alicyclic amines) is 1. The first kappa shape index (κ1) is 9.00. The van der Waals surface area contributed by atoms with E-state index in [1.54, 1.807) is 0 Å². The fourth-order valence-electron chi connectivity index (χ4n) is 2.23. The van der Waals surface area contributed by atoms with Crippen molar-refractivity contribution in [1.29, 1.82) is 0 Å². The van der Waals surface area contributed by atoms with Gasteiger partial charge in [-0.2, -0.15) is 0 Å². The number of hydrogen-bond acceptors (Lipinski definition) is 2. The molecule has 0 radical (unpaired) electrons. The zero-order valence-electron chi connectivity index (χ0n) is 8.09. The molecule has 2 aliphatic rings. The summed E-state index contributed by atoms with van der Waals surface area (Å²) in [6, 6.07) is 0. The van der Waals surface area contributed by atoms with Gasteiger partial charge in [-0.3, -0.25) is 4.79 Å². The summed E-state index contributed by atoms with van der Waals surface area (Å²) < 4.78 is 0. The molecule has 74 valence electrons. The Kier molecular flexibility index (Phi) is 2.28. The van der Waals surface area contributed by atoms with Crippen molar-refractivity contribution < 1.29 is 4.79 Å². The van der Waals surface area contributed by atoms with Gasteiger partial charge in [-0.05, 0) is 19.3 Å². The summed E-state index contributed by atoms with van der Waals surface area (Å²) in [5.41, 5.74) is 5.97. The first-order valence-corrected chi connectivity index (χ1v) is 5.26. The Bertz CT molecular complexity index is 205. The first-order chi connectivity index (χ1) is 6.20. The number of carbonyl (C=O) groups is 1. The van der Waals surface area contributed by atoms with Gasteiger partial charge in [0, 0.05) is 25.0 Å². The van der Waals surface area contributed by atoms with E-state index in [2.05, 4.69) is 0 Å². The zero-order valence-corrected chi connectivity index (χ0v) is 8.09. The van der Waals surface area contributed by atoms with Gasteiger partial charge in [-0.1, -0.05) is 12.8 Å². The predicted molar refractivity (Wildman–Crippen MR) is 51.2 cm³/mol. The molecule has 0 aromatic heterocycles. The van der Waals surface area contributed by atoms with Gasteiger partial charge in [0.25, 0.3) is 0 Å². The van der Waals surface area contributed by atoms with Crippen LogP contribution < -0.4 is 5.73 Å². The van der Waals surface area contributed by atoms with Crippen LogP contribution in [0.15, 0.2) is 0 Å². The highest BCUT2D eigenvalue weighted by molar-refractivity contribution is 5.78. The Hall–Kier alpha value is -0.570. The van der Waals surface area contributed by atoms with E-state index < -0.39 is 0 Å². The minimum Gasteiger partial charge on any atom is -0.343 e. The van der Waals surface area contributed by atoms with Crippen LogP contribution in [0.2, 0.25) is 0 Å². The smallest absolute Gasteiger partial charge is 0.224 e. The second-order valence-electron chi connectivity index (χ2n) is 4.48. The highest BCUT2D eigenvalue weighted by atomic mass is 16.2. The lowest BCUT2D eigenvalue weighted by Crippen LogP contribution is -2.48. The van der Waals surface area contributed by atoms with Crippen molar-refractivity contribution in [3.63, 3.8) is 0 Å². The summed E-state index contributed by atoms with van der Waals surface area (Å²) in [5, 5.41) is 0. The zero-order chi connectivity index (χ0) is 9.31. The number of carbonyl (C=O) groups excluding carboxylic acids is 1. The fraction of sp³-hybridized carbons (Fsp3) is 0.900. The van der Waals surface area contributed by atoms with Gasteiger partial charge in [-0.25, -0.2) is 0 Å². The highest BCUT2D eigenvalue weighted by Crippen LogP contribution is 2.30. The third kappa shape index (κ3) is 1.85. The van der Waals surface area contributed by atoms with E-state index in [0.29, 0.717) is 6.42 Å². The van der Waals surface area contributed by atoms with Crippen molar-refractivity contribution in [1.82, 2.24) is 4.90 Å². The van der Waals surface area contributed by atoms with Crippen LogP contribution in [0.3, 0.4) is 0 Å². The topological polar surface area (TPSA) is 46.3 Å². The Labute approximate surface area is 79.3 Å². The van der Waals surface area contributed by atoms with Gasteiger partial charge in [0.1, 0.15) is 0 Å². The van der Waals surface area contributed by atoms with Crippen molar-refractivity contribution in [2.24, 2.45) is 5.73 Å². The minimum atomic E-state index is -0.160. The summed E-state index contributed by atoms with van der Waals surface area (Å²) >= 11 is 0. The van der Waals surface area contributed by atoms with Gasteiger partial charge in [0.2, 0.25) is 5.91 Å². The first-order valence-electron chi connectivity index (χ1n) is 5.26. The highest BCUT2D eigenvalue weighted by Gasteiger charge is 2.34. The van der Waals surface area contributed by atoms with E-state index in [9.17, 15) is 4.79 Å². The monoisotopic (exact) mass is 182 g/mol. The van der Waals surface area contributed by atoms with Crippen LogP contribution in [-0.4, -0.2) is 29.4 Å². The van der Waals surface area contributed by atoms with Crippen LogP contribution in [0.25, 0.3) is 0 Å². The summed E-state index contributed by atoms with van der Waals surface area (Å²) in [6.45, 7) is 1.91. The minimum absolute atomic E-state index is 0.160. The van der Waals surface area contributed by atoms with Crippen LogP contribution in [-0.2, 0) is 4.79 Å². The number of hydrogen-bond donors (Lipinski definition) is 1. The summed E-state index contributed by atoms with van der Waals surface area (Å²) in [4.78, 5) is 13.6. The van der Waals surface area contributed by atoms with E-state index in [0.717, 1.165) is 25.9 Å². The average molecular weight is 182 g/mol. The molecule has 1 saturated carbocycles. The average Bonchev–Trinajstić information content (AvgIpc) is 2.31. The fourth-order valence-corrected chi connectivity index (χ4v) is 2.23. The van der Waals surface area contributed by atoms with Gasteiger partial charge in [0.15, 0.2) is 0 Å². The van der Waals surface area contributed by atoms with Crippen LogP contribution in [0, 0.1) is 0 Å². The number of rotatable bonds is 2. The molecule has 13 heavy (non-hydrogen) atoms. The van der Waals surface area contributed by atoms with E-state index in [1.807, 2.05) is 4.90 Å². The van der Waals surface area contributed by atoms with Gasteiger partial charge in [0.05, 0.1) is 0 Å². The summed E-state index contributed by atoms with van der Waals surface area (Å²) in [7, 11) is 0. The van der Waals surface area contributed by atoms with Crippen molar-refractivity contribution in [3.05, 3.63) is 0 Å². The molecule has 3 nitrogen and oxygen atoms in total. The normalized spacial score (nSPS) is 25.8. The molecule has 0 unspecified atom stereocenters. The van der Waals surface area contributed by atoms with Crippen molar-refractivity contribution in [2.45, 2.75) is 44.1 Å². The molecule has 0 bridgehead atoms. The Balaban J connectivity index is 1.85. The maximum absolute atomic E-state index is 11.6. The molecular formula is C10H18N2O. The molecular weight excluding hydrogens is 164 g/mol. The maximum atomic E-state index is 11.6. The molecule has 1 aliphatic heterocycles. The molecule has 0 atom stereocenters. The van der Waals surface area contributed by atoms with Crippen LogP contribution >= 0.6 is 0 Å². The lowest BCUT2D eigenvalue weighted by Gasteiger charge is -2.34. The molecule has 0 aromatic rings. The molecule has 1 amide bonds. The van der Waals surface area contributed by atoms with Gasteiger partial charge >= 0.3 is 0 Å². The third-order valence-electron chi connectivity index (χ3n) is 3.31. The predicted octanol–water partition coefficient (Wildman–Crippen LogP) is 0.880. The van der Waals surface area contributed by atoms with Gasteiger partial charge in [-0.15, -0.1) is 0 Å². The number of nitrogens with two attached hydrogens (primary N) is 1. The number of nitrogens with zero attached hydrogens (tertiary/aromatic N) is 1. The van der Waals surface area contributed by atoms with Crippen LogP contribution in [0.1, 0.15) is 38.5 Å².